The van der Waals surface area contributed by atoms with Crippen molar-refractivity contribution in [3.8, 4) is 11.5 Å². The van der Waals surface area contributed by atoms with Gasteiger partial charge in [0.1, 0.15) is 6.04 Å². The molecule has 114 valence electrons. The zero-order valence-corrected chi connectivity index (χ0v) is 12.4. The number of nitrogens with one attached hydrogen (secondary N) is 1. The topological polar surface area (TPSA) is 84.9 Å². The van der Waals surface area contributed by atoms with Crippen molar-refractivity contribution in [2.75, 3.05) is 12.5 Å². The first-order valence-electron chi connectivity index (χ1n) is 6.54. The van der Waals surface area contributed by atoms with Gasteiger partial charge in [0.05, 0.1) is 5.92 Å². The van der Waals surface area contributed by atoms with Crippen molar-refractivity contribution in [3.05, 3.63) is 23.8 Å². The predicted molar refractivity (Wildman–Crippen MR) is 78.9 cm³/mol. The molecule has 1 aliphatic heterocycles. The number of ether oxygens (including phenoxy) is 2. The summed E-state index contributed by atoms with van der Waals surface area (Å²) < 4.78 is 10.5. The predicted octanol–water partition coefficient (Wildman–Crippen LogP) is 1.09. The van der Waals surface area contributed by atoms with E-state index >= 15 is 0 Å². The number of benzene rings is 1. The Bertz CT molecular complexity index is 548. The summed E-state index contributed by atoms with van der Waals surface area (Å²) >= 11 is 4.18. The summed E-state index contributed by atoms with van der Waals surface area (Å²) in [6.45, 7) is 1.63. The van der Waals surface area contributed by atoms with E-state index in [0.717, 1.165) is 5.56 Å². The quantitative estimate of drug-likeness (QED) is 0.685. The molecule has 0 bridgehead atoms. The van der Waals surface area contributed by atoms with Crippen LogP contribution in [0.5, 0.6) is 11.5 Å². The van der Waals surface area contributed by atoms with Crippen molar-refractivity contribution < 1.29 is 24.2 Å². The Balaban J connectivity index is 2.01. The van der Waals surface area contributed by atoms with Gasteiger partial charge in [-0.1, -0.05) is 6.07 Å². The van der Waals surface area contributed by atoms with Gasteiger partial charge < -0.3 is 19.9 Å². The number of fused-ring (bicyclic) bond motifs is 1. The fourth-order valence-corrected chi connectivity index (χ4v) is 2.28. The molecule has 1 amide bonds. The van der Waals surface area contributed by atoms with Gasteiger partial charge in [0.2, 0.25) is 12.7 Å². The highest BCUT2D eigenvalue weighted by Gasteiger charge is 2.23. The van der Waals surface area contributed by atoms with Crippen LogP contribution in [-0.2, 0) is 16.0 Å². The molecule has 1 aromatic carbocycles. The Morgan fingerprint density at radius 2 is 2.10 bits per heavy atom. The molecule has 0 spiro atoms. The number of amides is 1. The minimum absolute atomic E-state index is 0.200. The molecule has 0 aliphatic carbocycles. The van der Waals surface area contributed by atoms with Crippen LogP contribution in [0, 0.1) is 5.92 Å². The highest BCUT2D eigenvalue weighted by molar-refractivity contribution is 7.80. The molecule has 0 unspecified atom stereocenters. The van der Waals surface area contributed by atoms with Gasteiger partial charge in [0, 0.05) is 5.75 Å². The lowest BCUT2D eigenvalue weighted by atomic mass is 9.99. The van der Waals surface area contributed by atoms with Crippen molar-refractivity contribution in [1.82, 2.24) is 5.32 Å². The molecule has 0 radical (unpaired) electrons. The van der Waals surface area contributed by atoms with Gasteiger partial charge in [-0.25, -0.2) is 0 Å². The summed E-state index contributed by atoms with van der Waals surface area (Å²) in [7, 11) is 0. The largest absolute Gasteiger partial charge is 0.480 e. The van der Waals surface area contributed by atoms with Gasteiger partial charge >= 0.3 is 5.97 Å². The maximum absolute atomic E-state index is 12.0. The van der Waals surface area contributed by atoms with E-state index in [-0.39, 0.29) is 12.7 Å². The number of carbonyl (C=O) groups is 2. The molecule has 0 aromatic heterocycles. The van der Waals surface area contributed by atoms with Crippen molar-refractivity contribution in [3.63, 3.8) is 0 Å². The Morgan fingerprint density at radius 3 is 2.76 bits per heavy atom. The molecule has 0 saturated carbocycles. The van der Waals surface area contributed by atoms with Crippen molar-refractivity contribution in [1.29, 1.82) is 0 Å². The van der Waals surface area contributed by atoms with Crippen LogP contribution in [0.3, 0.4) is 0 Å². The summed E-state index contributed by atoms with van der Waals surface area (Å²) in [4.78, 5) is 22.8. The summed E-state index contributed by atoms with van der Waals surface area (Å²) in [5.41, 5.74) is 0.913. The molecule has 2 rings (SSSR count). The number of hydrogen-bond acceptors (Lipinski definition) is 5. The lowest BCUT2D eigenvalue weighted by molar-refractivity contribution is -0.141. The fourth-order valence-electron chi connectivity index (χ4n) is 1.99. The second-order valence-corrected chi connectivity index (χ2v) is 5.20. The minimum atomic E-state index is -1.07. The first-order valence-corrected chi connectivity index (χ1v) is 7.17. The molecular formula is C14H17NO5S. The number of carboxylic acids is 1. The maximum atomic E-state index is 12.0. The van der Waals surface area contributed by atoms with Crippen LogP contribution >= 0.6 is 12.6 Å². The number of carbonyl (C=O) groups excluding carboxylic acids is 1. The maximum Gasteiger partial charge on any atom is 0.325 e. The second-order valence-electron chi connectivity index (χ2n) is 4.84. The van der Waals surface area contributed by atoms with Crippen LogP contribution in [0.15, 0.2) is 18.2 Å². The molecule has 1 aliphatic rings. The number of rotatable bonds is 6. The molecule has 21 heavy (non-hydrogen) atoms. The Kier molecular flexibility index (Phi) is 4.95. The number of hydrogen-bond donors (Lipinski definition) is 3. The van der Waals surface area contributed by atoms with E-state index in [1.165, 1.54) is 6.92 Å². The van der Waals surface area contributed by atoms with Crippen LogP contribution in [-0.4, -0.2) is 35.6 Å². The lowest BCUT2D eigenvalue weighted by Crippen LogP contribution is -2.42. The van der Waals surface area contributed by atoms with E-state index in [9.17, 15) is 9.59 Å². The zero-order chi connectivity index (χ0) is 15.4. The van der Waals surface area contributed by atoms with Crippen LogP contribution in [0.2, 0.25) is 0 Å². The zero-order valence-electron chi connectivity index (χ0n) is 11.5. The summed E-state index contributed by atoms with van der Waals surface area (Å²) in [6.07, 6.45) is 0.457. The molecule has 7 heteroatoms. The standard InChI is InChI=1S/C14H17NO5S/c1-8(14(17)18)15-13(16)10(6-21)4-9-2-3-11-12(5-9)20-7-19-11/h2-3,5,8,10,21H,4,6-7H2,1H3,(H,15,16)(H,17,18)/t8-,10+/m0/s1. The minimum Gasteiger partial charge on any atom is -0.480 e. The second kappa shape index (κ2) is 6.71. The van der Waals surface area contributed by atoms with Crippen LogP contribution in [0.4, 0.5) is 0 Å². The average Bonchev–Trinajstić information content (AvgIpc) is 2.91. The lowest BCUT2D eigenvalue weighted by Gasteiger charge is -2.17. The number of carboxylic acid groups (broad SMARTS) is 1. The number of thiol groups is 1. The smallest absolute Gasteiger partial charge is 0.325 e. The van der Waals surface area contributed by atoms with Gasteiger partial charge in [-0.05, 0) is 31.0 Å². The Morgan fingerprint density at radius 1 is 1.38 bits per heavy atom. The molecule has 1 aromatic rings. The van der Waals surface area contributed by atoms with E-state index < -0.39 is 17.9 Å². The molecule has 6 nitrogen and oxygen atoms in total. The van der Waals surface area contributed by atoms with Gasteiger partial charge in [-0.15, -0.1) is 0 Å². The van der Waals surface area contributed by atoms with Crippen molar-refractivity contribution in [2.24, 2.45) is 5.92 Å². The highest BCUT2D eigenvalue weighted by atomic mass is 32.1. The van der Waals surface area contributed by atoms with Crippen molar-refractivity contribution in [2.45, 2.75) is 19.4 Å². The van der Waals surface area contributed by atoms with Gasteiger partial charge in [-0.3, -0.25) is 9.59 Å². The van der Waals surface area contributed by atoms with Gasteiger partial charge in [0.15, 0.2) is 11.5 Å². The molecule has 2 atom stereocenters. The molecule has 1 heterocycles. The van der Waals surface area contributed by atoms with E-state index in [1.54, 1.807) is 6.07 Å². The summed E-state index contributed by atoms with van der Waals surface area (Å²) in [6, 6.07) is 4.56. The van der Waals surface area contributed by atoms with Crippen molar-refractivity contribution >= 4 is 24.5 Å². The van der Waals surface area contributed by atoms with Gasteiger partial charge in [0.25, 0.3) is 0 Å². The monoisotopic (exact) mass is 311 g/mol. The van der Waals surface area contributed by atoms with E-state index in [2.05, 4.69) is 17.9 Å². The van der Waals surface area contributed by atoms with Crippen LogP contribution in [0.1, 0.15) is 12.5 Å². The molecule has 2 N–H and O–H groups in total. The molecular weight excluding hydrogens is 294 g/mol. The Labute approximate surface area is 127 Å². The van der Waals surface area contributed by atoms with E-state index in [4.69, 9.17) is 14.6 Å². The average molecular weight is 311 g/mol. The first kappa shape index (κ1) is 15.5. The van der Waals surface area contributed by atoms with Gasteiger partial charge in [-0.2, -0.15) is 12.6 Å². The molecule has 0 fully saturated rings. The number of aliphatic carboxylic acids is 1. The van der Waals surface area contributed by atoms with Crippen LogP contribution in [0.25, 0.3) is 0 Å². The fraction of sp³-hybridized carbons (Fsp3) is 0.429. The molecule has 0 saturated heterocycles. The SMILES string of the molecule is C[C@H](NC(=O)[C@@H](CS)Cc1ccc2c(c1)OCO2)C(=O)O. The van der Waals surface area contributed by atoms with E-state index in [1.807, 2.05) is 12.1 Å². The summed E-state index contributed by atoms with van der Waals surface area (Å²) in [5, 5.41) is 11.3. The highest BCUT2D eigenvalue weighted by Crippen LogP contribution is 2.33. The van der Waals surface area contributed by atoms with E-state index in [0.29, 0.717) is 23.7 Å². The van der Waals surface area contributed by atoms with Crippen LogP contribution < -0.4 is 14.8 Å². The normalized spacial score (nSPS) is 15.3. The summed E-state index contributed by atoms with van der Waals surface area (Å²) in [5.74, 6) is -0.126. The first-order chi connectivity index (χ1) is 10.0. The Hall–Kier alpha value is -1.89. The third kappa shape index (κ3) is 3.81. The third-order valence-electron chi connectivity index (χ3n) is 3.24. The third-order valence-corrected chi connectivity index (χ3v) is 3.68.